The fraction of sp³-hybridized carbons (Fsp3) is 0.462. The van der Waals surface area contributed by atoms with Crippen molar-refractivity contribution in [1.82, 2.24) is 0 Å². The Balaban J connectivity index is 2.80. The molecule has 1 unspecified atom stereocenters. The minimum absolute atomic E-state index is 0.482. The number of para-hydroxylation sites is 2. The number of carbonyl (C=O) groups is 1. The molecule has 1 aromatic rings. The molecule has 17 heavy (non-hydrogen) atoms. The molecular formula is C13H18O4. The average Bonchev–Trinajstić information content (AvgIpc) is 2.31. The molecule has 0 heterocycles. The molecule has 4 nitrogen and oxygen atoms in total. The summed E-state index contributed by atoms with van der Waals surface area (Å²) in [5.74, 6) is 0.116. The van der Waals surface area contributed by atoms with Crippen molar-refractivity contribution in [3.05, 3.63) is 24.3 Å². The standard InChI is InChI=1S/C13H18O4/c1-3-7-12(13(14)15)17-11-9-6-5-8-10(11)16-4-2/h5-6,8-9,12H,3-4,7H2,1-2H3,(H,14,15). The number of ether oxygens (including phenoxy) is 2. The van der Waals surface area contributed by atoms with Crippen LogP contribution in [0, 0.1) is 0 Å². The summed E-state index contributed by atoms with van der Waals surface area (Å²) in [5, 5.41) is 9.02. The van der Waals surface area contributed by atoms with Crippen molar-refractivity contribution in [3.8, 4) is 11.5 Å². The molecule has 0 radical (unpaired) electrons. The maximum Gasteiger partial charge on any atom is 0.344 e. The van der Waals surface area contributed by atoms with Crippen molar-refractivity contribution in [1.29, 1.82) is 0 Å². The number of hydrogen-bond donors (Lipinski definition) is 1. The number of rotatable bonds is 7. The Labute approximate surface area is 101 Å². The van der Waals surface area contributed by atoms with E-state index in [-0.39, 0.29) is 0 Å². The number of hydrogen-bond acceptors (Lipinski definition) is 3. The highest BCUT2D eigenvalue weighted by molar-refractivity contribution is 5.72. The predicted octanol–water partition coefficient (Wildman–Crippen LogP) is 2.72. The fourth-order valence-corrected chi connectivity index (χ4v) is 1.47. The maximum atomic E-state index is 11.0. The molecule has 1 N–H and O–H groups in total. The third-order valence-electron chi connectivity index (χ3n) is 2.24. The highest BCUT2D eigenvalue weighted by Crippen LogP contribution is 2.28. The first kappa shape index (κ1) is 13.4. The third kappa shape index (κ3) is 3.98. The van der Waals surface area contributed by atoms with Gasteiger partial charge < -0.3 is 14.6 Å². The van der Waals surface area contributed by atoms with Crippen LogP contribution in [-0.2, 0) is 4.79 Å². The molecule has 0 aliphatic rings. The van der Waals surface area contributed by atoms with Crippen LogP contribution in [0.1, 0.15) is 26.7 Å². The molecular weight excluding hydrogens is 220 g/mol. The van der Waals surface area contributed by atoms with Crippen LogP contribution in [-0.4, -0.2) is 23.8 Å². The Morgan fingerprint density at radius 2 is 1.94 bits per heavy atom. The Morgan fingerprint density at radius 1 is 1.29 bits per heavy atom. The van der Waals surface area contributed by atoms with Crippen LogP contribution < -0.4 is 9.47 Å². The summed E-state index contributed by atoms with van der Waals surface area (Å²) in [6.07, 6.45) is 0.422. The van der Waals surface area contributed by atoms with E-state index in [9.17, 15) is 4.79 Å². The zero-order valence-corrected chi connectivity index (χ0v) is 10.2. The Kier molecular flexibility index (Phi) is 5.33. The van der Waals surface area contributed by atoms with Gasteiger partial charge in [-0.25, -0.2) is 4.79 Å². The van der Waals surface area contributed by atoms with Gasteiger partial charge in [-0.2, -0.15) is 0 Å². The van der Waals surface area contributed by atoms with Crippen LogP contribution in [0.2, 0.25) is 0 Å². The Morgan fingerprint density at radius 3 is 2.47 bits per heavy atom. The van der Waals surface area contributed by atoms with Crippen molar-refractivity contribution >= 4 is 5.97 Å². The molecule has 0 aromatic heterocycles. The first-order valence-corrected chi connectivity index (χ1v) is 5.80. The van der Waals surface area contributed by atoms with Crippen LogP contribution in [0.4, 0.5) is 0 Å². The number of carboxylic acid groups (broad SMARTS) is 1. The molecule has 94 valence electrons. The minimum Gasteiger partial charge on any atom is -0.490 e. The van der Waals surface area contributed by atoms with Crippen molar-refractivity contribution in [2.24, 2.45) is 0 Å². The van der Waals surface area contributed by atoms with Gasteiger partial charge in [0.25, 0.3) is 0 Å². The van der Waals surface area contributed by atoms with Gasteiger partial charge in [-0.1, -0.05) is 25.5 Å². The lowest BCUT2D eigenvalue weighted by Gasteiger charge is -2.16. The molecule has 1 rings (SSSR count). The molecule has 4 heteroatoms. The van der Waals surface area contributed by atoms with Gasteiger partial charge in [0.2, 0.25) is 0 Å². The average molecular weight is 238 g/mol. The SMILES string of the molecule is CCCC(Oc1ccccc1OCC)C(=O)O. The van der Waals surface area contributed by atoms with Crippen molar-refractivity contribution in [2.75, 3.05) is 6.61 Å². The summed E-state index contributed by atoms with van der Waals surface area (Å²) in [6, 6.07) is 7.11. The Bertz CT molecular complexity index is 362. The molecule has 0 aliphatic carbocycles. The quantitative estimate of drug-likeness (QED) is 0.793. The smallest absolute Gasteiger partial charge is 0.344 e. The van der Waals surface area contributed by atoms with Gasteiger partial charge in [0.15, 0.2) is 17.6 Å². The minimum atomic E-state index is -0.946. The first-order chi connectivity index (χ1) is 8.19. The number of aliphatic carboxylic acids is 1. The molecule has 0 amide bonds. The van der Waals surface area contributed by atoms with Crippen molar-refractivity contribution in [2.45, 2.75) is 32.8 Å². The molecule has 0 spiro atoms. The second kappa shape index (κ2) is 6.78. The molecule has 0 saturated carbocycles. The van der Waals surface area contributed by atoms with Crippen LogP contribution in [0.25, 0.3) is 0 Å². The molecule has 1 aromatic carbocycles. The monoisotopic (exact) mass is 238 g/mol. The molecule has 0 aliphatic heterocycles. The number of carboxylic acids is 1. The zero-order valence-electron chi connectivity index (χ0n) is 10.2. The molecule has 1 atom stereocenters. The molecule has 0 bridgehead atoms. The van der Waals surface area contributed by atoms with Crippen molar-refractivity contribution < 1.29 is 19.4 Å². The van der Waals surface area contributed by atoms with Gasteiger partial charge in [-0.3, -0.25) is 0 Å². The summed E-state index contributed by atoms with van der Waals surface area (Å²) < 4.78 is 10.9. The van der Waals surface area contributed by atoms with Gasteiger partial charge in [0.1, 0.15) is 0 Å². The lowest BCUT2D eigenvalue weighted by molar-refractivity contribution is -0.145. The van der Waals surface area contributed by atoms with Gasteiger partial charge in [0.05, 0.1) is 6.61 Å². The van der Waals surface area contributed by atoms with Crippen LogP contribution in [0.5, 0.6) is 11.5 Å². The Hall–Kier alpha value is -1.71. The third-order valence-corrected chi connectivity index (χ3v) is 2.24. The first-order valence-electron chi connectivity index (χ1n) is 5.80. The highest BCUT2D eigenvalue weighted by atomic mass is 16.5. The van der Waals surface area contributed by atoms with E-state index < -0.39 is 12.1 Å². The van der Waals surface area contributed by atoms with Crippen LogP contribution in [0.3, 0.4) is 0 Å². The van der Waals surface area contributed by atoms with E-state index in [2.05, 4.69) is 0 Å². The van der Waals surface area contributed by atoms with E-state index >= 15 is 0 Å². The van der Waals surface area contributed by atoms with E-state index in [1.807, 2.05) is 19.9 Å². The summed E-state index contributed by atoms with van der Waals surface area (Å²) >= 11 is 0. The summed E-state index contributed by atoms with van der Waals surface area (Å²) in [7, 11) is 0. The van der Waals surface area contributed by atoms with E-state index in [4.69, 9.17) is 14.6 Å². The lowest BCUT2D eigenvalue weighted by Crippen LogP contribution is -2.26. The highest BCUT2D eigenvalue weighted by Gasteiger charge is 2.19. The van der Waals surface area contributed by atoms with E-state index in [0.717, 1.165) is 6.42 Å². The second-order valence-corrected chi connectivity index (χ2v) is 3.61. The molecule has 0 fully saturated rings. The summed E-state index contributed by atoms with van der Waals surface area (Å²) in [6.45, 7) is 4.32. The van der Waals surface area contributed by atoms with Crippen LogP contribution >= 0.6 is 0 Å². The van der Waals surface area contributed by atoms with E-state index in [1.54, 1.807) is 18.2 Å². The largest absolute Gasteiger partial charge is 0.490 e. The van der Waals surface area contributed by atoms with E-state index in [1.165, 1.54) is 0 Å². The topological polar surface area (TPSA) is 55.8 Å². The van der Waals surface area contributed by atoms with Gasteiger partial charge in [0, 0.05) is 0 Å². The lowest BCUT2D eigenvalue weighted by atomic mass is 10.2. The molecule has 0 saturated heterocycles. The van der Waals surface area contributed by atoms with E-state index in [0.29, 0.717) is 24.5 Å². The van der Waals surface area contributed by atoms with Crippen LogP contribution in [0.15, 0.2) is 24.3 Å². The normalized spacial score (nSPS) is 11.9. The van der Waals surface area contributed by atoms with Gasteiger partial charge in [-0.05, 0) is 25.5 Å². The zero-order chi connectivity index (χ0) is 12.7. The maximum absolute atomic E-state index is 11.0. The number of benzene rings is 1. The second-order valence-electron chi connectivity index (χ2n) is 3.61. The van der Waals surface area contributed by atoms with Gasteiger partial charge in [-0.15, -0.1) is 0 Å². The fourth-order valence-electron chi connectivity index (χ4n) is 1.47. The summed E-state index contributed by atoms with van der Waals surface area (Å²) in [4.78, 5) is 11.0. The summed E-state index contributed by atoms with van der Waals surface area (Å²) in [5.41, 5.74) is 0. The predicted molar refractivity (Wildman–Crippen MR) is 64.6 cm³/mol. The van der Waals surface area contributed by atoms with Crippen molar-refractivity contribution in [3.63, 3.8) is 0 Å². The van der Waals surface area contributed by atoms with Gasteiger partial charge >= 0.3 is 5.97 Å².